The van der Waals surface area contributed by atoms with Crippen LogP contribution in [0.2, 0.25) is 0 Å². The normalized spacial score (nSPS) is 11.9. The van der Waals surface area contributed by atoms with Gasteiger partial charge < -0.3 is 11.6 Å². The molecule has 0 unspecified atom stereocenters. The van der Waals surface area contributed by atoms with E-state index in [9.17, 15) is 0 Å². The molecule has 0 aliphatic rings. The van der Waals surface area contributed by atoms with Crippen molar-refractivity contribution >= 4 is 17.2 Å². The summed E-state index contributed by atoms with van der Waals surface area (Å²) in [4.78, 5) is 4.81. The van der Waals surface area contributed by atoms with Crippen LogP contribution in [0.1, 0.15) is 9.88 Å². The van der Waals surface area contributed by atoms with Gasteiger partial charge in [-0.05, 0) is 6.92 Å². The van der Waals surface area contributed by atoms with E-state index < -0.39 is 0 Å². The van der Waals surface area contributed by atoms with E-state index in [1.165, 1.54) is 11.3 Å². The van der Waals surface area contributed by atoms with Crippen LogP contribution in [0.4, 0.5) is 0 Å². The predicted octanol–water partition coefficient (Wildman–Crippen LogP) is 0.0305. The number of aryl methyl sites for hydroxylation is 1. The fourth-order valence-corrected chi connectivity index (χ4v) is 1.23. The molecule has 4 nitrogen and oxygen atoms in total. The summed E-state index contributed by atoms with van der Waals surface area (Å²) in [6.07, 6.45) is 1.66. The van der Waals surface area contributed by atoms with Crippen LogP contribution >= 0.6 is 11.3 Å². The molecule has 0 aromatic carbocycles. The summed E-state index contributed by atoms with van der Waals surface area (Å²) in [6.45, 7) is 1.90. The highest BCUT2D eigenvalue weighted by Crippen LogP contribution is 2.09. The molecule has 0 bridgehead atoms. The van der Waals surface area contributed by atoms with E-state index in [4.69, 9.17) is 11.6 Å². The van der Waals surface area contributed by atoms with Crippen molar-refractivity contribution < 1.29 is 0 Å². The van der Waals surface area contributed by atoms with Crippen LogP contribution in [0.5, 0.6) is 0 Å². The molecule has 10 heavy (non-hydrogen) atoms. The van der Waals surface area contributed by atoms with E-state index in [1.807, 2.05) is 6.92 Å². The highest BCUT2D eigenvalue weighted by Gasteiger charge is 2.00. The van der Waals surface area contributed by atoms with Crippen LogP contribution in [0.15, 0.2) is 11.3 Å². The maximum Gasteiger partial charge on any atom is 0.162 e. The maximum atomic E-state index is 5.40. The molecule has 0 aliphatic carbocycles. The second-order valence-electron chi connectivity index (χ2n) is 1.76. The molecular weight excluding hydrogens is 148 g/mol. The van der Waals surface area contributed by atoms with Crippen LogP contribution in [0.25, 0.3) is 0 Å². The second kappa shape index (κ2) is 2.66. The maximum absolute atomic E-state index is 5.40. The van der Waals surface area contributed by atoms with Crippen molar-refractivity contribution in [1.82, 2.24) is 4.98 Å². The first kappa shape index (κ1) is 7.01. The van der Waals surface area contributed by atoms with Gasteiger partial charge in [-0.1, -0.05) is 0 Å². The lowest BCUT2D eigenvalue weighted by Gasteiger charge is -1.88. The van der Waals surface area contributed by atoms with E-state index in [-0.39, 0.29) is 0 Å². The first-order chi connectivity index (χ1) is 4.74. The van der Waals surface area contributed by atoms with Crippen molar-refractivity contribution in [3.05, 3.63) is 16.1 Å². The molecule has 54 valence electrons. The zero-order valence-corrected chi connectivity index (χ0v) is 6.35. The third-order valence-electron chi connectivity index (χ3n) is 1.01. The summed E-state index contributed by atoms with van der Waals surface area (Å²) in [5.74, 6) is 5.29. The van der Waals surface area contributed by atoms with Gasteiger partial charge in [-0.15, -0.1) is 11.3 Å². The Morgan fingerprint density at radius 3 is 2.90 bits per heavy atom. The number of rotatable bonds is 1. The molecule has 1 aromatic heterocycles. The van der Waals surface area contributed by atoms with Crippen molar-refractivity contribution in [2.45, 2.75) is 6.92 Å². The van der Waals surface area contributed by atoms with Gasteiger partial charge in [0.2, 0.25) is 0 Å². The summed E-state index contributed by atoms with van der Waals surface area (Å²) < 4.78 is 0. The fraction of sp³-hybridized carbons (Fsp3) is 0.200. The molecule has 1 rings (SSSR count). The van der Waals surface area contributed by atoms with Gasteiger partial charge in [-0.3, -0.25) is 0 Å². The van der Waals surface area contributed by atoms with Crippen molar-refractivity contribution in [3.63, 3.8) is 0 Å². The molecule has 0 saturated carbocycles. The number of amidine groups is 1. The topological polar surface area (TPSA) is 77.3 Å². The number of hydrazone groups is 1. The van der Waals surface area contributed by atoms with Crippen molar-refractivity contribution in [2.75, 3.05) is 0 Å². The Morgan fingerprint density at radius 2 is 2.50 bits per heavy atom. The Kier molecular flexibility index (Phi) is 1.86. The standard InChI is InChI=1S/C5H8N4S/c1-3-8-2-4(10-3)5(6)9-7/h2H,7H2,1H3,(H2,6,9). The van der Waals surface area contributed by atoms with E-state index in [2.05, 4.69) is 10.1 Å². The average Bonchev–Trinajstić information content (AvgIpc) is 2.34. The van der Waals surface area contributed by atoms with Crippen LogP contribution in [0.3, 0.4) is 0 Å². The van der Waals surface area contributed by atoms with E-state index in [1.54, 1.807) is 6.20 Å². The quantitative estimate of drug-likeness (QED) is 0.260. The van der Waals surface area contributed by atoms with Gasteiger partial charge in [0.15, 0.2) is 5.84 Å². The van der Waals surface area contributed by atoms with Crippen LogP contribution < -0.4 is 11.6 Å². The largest absolute Gasteiger partial charge is 0.381 e. The predicted molar refractivity (Wildman–Crippen MR) is 41.8 cm³/mol. The number of thiazole rings is 1. The van der Waals surface area contributed by atoms with Crippen LogP contribution in [-0.4, -0.2) is 10.8 Å². The molecule has 0 spiro atoms. The Morgan fingerprint density at radius 1 is 1.80 bits per heavy atom. The van der Waals surface area contributed by atoms with E-state index >= 15 is 0 Å². The minimum atomic E-state index is 0.339. The number of hydrogen-bond donors (Lipinski definition) is 2. The summed E-state index contributed by atoms with van der Waals surface area (Å²) in [5.41, 5.74) is 5.40. The minimum Gasteiger partial charge on any atom is -0.381 e. The second-order valence-corrected chi connectivity index (χ2v) is 2.99. The number of aromatic nitrogens is 1. The lowest BCUT2D eigenvalue weighted by molar-refractivity contribution is 1.23. The monoisotopic (exact) mass is 156 g/mol. The lowest BCUT2D eigenvalue weighted by atomic mass is 10.5. The molecule has 4 N–H and O–H groups in total. The number of nitrogens with two attached hydrogens (primary N) is 2. The highest BCUT2D eigenvalue weighted by molar-refractivity contribution is 7.13. The molecule has 1 aromatic rings. The van der Waals surface area contributed by atoms with Crippen LogP contribution in [-0.2, 0) is 0 Å². The summed E-state index contributed by atoms with van der Waals surface area (Å²) in [6, 6.07) is 0. The molecule has 5 heteroatoms. The summed E-state index contributed by atoms with van der Waals surface area (Å²) in [5, 5.41) is 4.30. The lowest BCUT2D eigenvalue weighted by Crippen LogP contribution is -2.13. The van der Waals surface area contributed by atoms with Crippen molar-refractivity contribution in [2.24, 2.45) is 16.7 Å². The Bertz CT molecular complexity index is 252. The van der Waals surface area contributed by atoms with Gasteiger partial charge in [0.1, 0.15) is 0 Å². The molecule has 0 aliphatic heterocycles. The third kappa shape index (κ3) is 1.24. The van der Waals surface area contributed by atoms with Gasteiger partial charge >= 0.3 is 0 Å². The first-order valence-electron chi connectivity index (χ1n) is 2.70. The van der Waals surface area contributed by atoms with Gasteiger partial charge in [-0.2, -0.15) is 5.10 Å². The molecule has 0 fully saturated rings. The Labute approximate surface area is 62.6 Å². The fourth-order valence-electron chi connectivity index (χ4n) is 0.543. The smallest absolute Gasteiger partial charge is 0.162 e. The zero-order valence-electron chi connectivity index (χ0n) is 5.53. The van der Waals surface area contributed by atoms with Gasteiger partial charge in [0.05, 0.1) is 9.88 Å². The number of nitrogens with zero attached hydrogens (tertiary/aromatic N) is 2. The third-order valence-corrected chi connectivity index (χ3v) is 1.95. The summed E-state index contributed by atoms with van der Waals surface area (Å²) >= 11 is 1.47. The minimum absolute atomic E-state index is 0.339. The average molecular weight is 156 g/mol. The van der Waals surface area contributed by atoms with Gasteiger partial charge in [0, 0.05) is 6.20 Å². The van der Waals surface area contributed by atoms with Gasteiger partial charge in [-0.25, -0.2) is 4.98 Å². The van der Waals surface area contributed by atoms with Crippen molar-refractivity contribution in [3.8, 4) is 0 Å². The number of hydrogen-bond acceptors (Lipinski definition) is 4. The van der Waals surface area contributed by atoms with E-state index in [0.717, 1.165) is 9.88 Å². The van der Waals surface area contributed by atoms with Gasteiger partial charge in [0.25, 0.3) is 0 Å². The SMILES string of the molecule is Cc1ncc(/C(N)=N/N)s1. The molecule has 0 radical (unpaired) electrons. The molecule has 0 atom stereocenters. The Balaban J connectivity index is 2.95. The molecule has 0 saturated heterocycles. The Hall–Kier alpha value is -1.10. The first-order valence-corrected chi connectivity index (χ1v) is 3.52. The highest BCUT2D eigenvalue weighted by atomic mass is 32.1. The van der Waals surface area contributed by atoms with E-state index in [0.29, 0.717) is 5.84 Å². The molecular formula is C5H8N4S. The van der Waals surface area contributed by atoms with Crippen LogP contribution in [0, 0.1) is 6.92 Å². The summed E-state index contributed by atoms with van der Waals surface area (Å²) in [7, 11) is 0. The zero-order chi connectivity index (χ0) is 7.56. The molecule has 1 heterocycles. The van der Waals surface area contributed by atoms with Crippen molar-refractivity contribution in [1.29, 1.82) is 0 Å². The molecule has 0 amide bonds.